The van der Waals surface area contributed by atoms with Gasteiger partial charge in [0.25, 0.3) is 0 Å². The highest BCUT2D eigenvalue weighted by Gasteiger charge is 2.21. The van der Waals surface area contributed by atoms with Crippen molar-refractivity contribution in [3.05, 3.63) is 0 Å². The van der Waals surface area contributed by atoms with Crippen LogP contribution >= 0.6 is 0 Å². The van der Waals surface area contributed by atoms with E-state index < -0.39 is 0 Å². The summed E-state index contributed by atoms with van der Waals surface area (Å²) in [6.45, 7) is 1.62. The maximum atomic E-state index is 5.31. The van der Waals surface area contributed by atoms with E-state index in [9.17, 15) is 0 Å². The molecule has 8 heavy (non-hydrogen) atoms. The Kier molecular flexibility index (Phi) is 2.30. The van der Waals surface area contributed by atoms with Gasteiger partial charge in [0, 0.05) is 6.61 Å². The maximum absolute atomic E-state index is 5.31. The third kappa shape index (κ3) is 2.28. The first-order chi connectivity index (χ1) is 3.93. The summed E-state index contributed by atoms with van der Waals surface area (Å²) in [4.78, 5) is 0. The van der Waals surface area contributed by atoms with Gasteiger partial charge in [0.2, 0.25) is 0 Å². The molecular weight excluding hydrogens is 102 g/mol. The Morgan fingerprint density at radius 1 is 1.50 bits per heavy atom. The molecule has 48 valence electrons. The first-order valence-electron chi connectivity index (χ1n) is 3.25. The molecule has 0 amide bonds. The van der Waals surface area contributed by atoms with Gasteiger partial charge in [-0.15, -0.1) is 0 Å². The second-order valence-electron chi connectivity index (χ2n) is 2.21. The summed E-state index contributed by atoms with van der Waals surface area (Å²) in [6, 6.07) is 0. The molecule has 2 nitrogen and oxygen atoms in total. The molecule has 0 saturated heterocycles. The zero-order valence-electron chi connectivity index (χ0n) is 5.10. The Hall–Kier alpha value is -0.0800. The number of hydrogen-bond acceptors (Lipinski definition) is 2. The van der Waals surface area contributed by atoms with Crippen molar-refractivity contribution >= 4 is 0 Å². The van der Waals surface area contributed by atoms with E-state index in [0.717, 1.165) is 19.6 Å². The highest BCUT2D eigenvalue weighted by atomic mass is 16.5. The molecule has 0 atom stereocenters. The summed E-state index contributed by atoms with van der Waals surface area (Å²) < 4.78 is 5.31. The van der Waals surface area contributed by atoms with E-state index in [-0.39, 0.29) is 0 Å². The lowest BCUT2D eigenvalue weighted by Crippen LogP contribution is -2.04. The highest BCUT2D eigenvalue weighted by Crippen LogP contribution is 2.23. The molecule has 1 aliphatic rings. The fraction of sp³-hybridized carbons (Fsp3) is 1.00. The van der Waals surface area contributed by atoms with Gasteiger partial charge in [0.1, 0.15) is 0 Å². The van der Waals surface area contributed by atoms with Crippen molar-refractivity contribution in [2.45, 2.75) is 25.4 Å². The normalized spacial score (nSPS) is 19.1. The first kappa shape index (κ1) is 6.05. The average Bonchev–Trinajstić information content (AvgIpc) is 2.51. The summed E-state index contributed by atoms with van der Waals surface area (Å²) in [5.41, 5.74) is 5.26. The van der Waals surface area contributed by atoms with Crippen LogP contribution in [0.3, 0.4) is 0 Å². The van der Waals surface area contributed by atoms with Crippen molar-refractivity contribution in [3.63, 3.8) is 0 Å². The molecular formula is C6H13NO. The number of nitrogens with two attached hydrogens (primary N) is 1. The van der Waals surface area contributed by atoms with Crippen LogP contribution in [0.25, 0.3) is 0 Å². The molecule has 1 rings (SSSR count). The van der Waals surface area contributed by atoms with Gasteiger partial charge in [-0.1, -0.05) is 0 Å². The minimum absolute atomic E-state index is 0.599. The van der Waals surface area contributed by atoms with Crippen LogP contribution in [0, 0.1) is 0 Å². The molecule has 2 N–H and O–H groups in total. The van der Waals surface area contributed by atoms with Crippen LogP contribution in [0.4, 0.5) is 0 Å². The largest absolute Gasteiger partial charge is 0.378 e. The smallest absolute Gasteiger partial charge is 0.0577 e. The van der Waals surface area contributed by atoms with Crippen LogP contribution in [0.15, 0.2) is 0 Å². The molecule has 0 aromatic carbocycles. The molecule has 0 aliphatic heterocycles. The Balaban J connectivity index is 1.74. The fourth-order valence-electron chi connectivity index (χ4n) is 0.568. The fourth-order valence-corrected chi connectivity index (χ4v) is 0.568. The first-order valence-corrected chi connectivity index (χ1v) is 3.25. The quantitative estimate of drug-likeness (QED) is 0.542. The number of hydrogen-bond donors (Lipinski definition) is 1. The second kappa shape index (κ2) is 3.05. The summed E-state index contributed by atoms with van der Waals surface area (Å²) in [6.07, 6.45) is 4.15. The van der Waals surface area contributed by atoms with E-state index >= 15 is 0 Å². The third-order valence-electron chi connectivity index (χ3n) is 1.23. The summed E-state index contributed by atoms with van der Waals surface area (Å²) in [7, 11) is 0. The Morgan fingerprint density at radius 3 is 2.75 bits per heavy atom. The van der Waals surface area contributed by atoms with Gasteiger partial charge < -0.3 is 10.5 Å². The molecule has 0 bridgehead atoms. The van der Waals surface area contributed by atoms with Crippen molar-refractivity contribution in [3.8, 4) is 0 Å². The van der Waals surface area contributed by atoms with Gasteiger partial charge in [0.05, 0.1) is 6.10 Å². The van der Waals surface area contributed by atoms with E-state index in [1.807, 2.05) is 0 Å². The van der Waals surface area contributed by atoms with Crippen molar-refractivity contribution in [1.82, 2.24) is 0 Å². The number of ether oxygens (including phenoxy) is 1. The number of rotatable bonds is 4. The van der Waals surface area contributed by atoms with Crippen LogP contribution < -0.4 is 5.73 Å². The third-order valence-corrected chi connectivity index (χ3v) is 1.23. The summed E-state index contributed by atoms with van der Waals surface area (Å²) in [5.74, 6) is 0. The lowest BCUT2D eigenvalue weighted by atomic mass is 10.5. The van der Waals surface area contributed by atoms with E-state index in [0.29, 0.717) is 6.10 Å². The SMILES string of the molecule is NCCCOC1CC1. The van der Waals surface area contributed by atoms with Gasteiger partial charge in [-0.25, -0.2) is 0 Å². The molecule has 0 unspecified atom stereocenters. The van der Waals surface area contributed by atoms with Crippen molar-refractivity contribution < 1.29 is 4.74 Å². The monoisotopic (exact) mass is 115 g/mol. The van der Waals surface area contributed by atoms with Gasteiger partial charge in [0.15, 0.2) is 0 Å². The minimum atomic E-state index is 0.599. The van der Waals surface area contributed by atoms with E-state index in [1.54, 1.807) is 0 Å². The van der Waals surface area contributed by atoms with Crippen molar-refractivity contribution in [2.24, 2.45) is 5.73 Å². The Labute approximate surface area is 50.0 Å². The molecule has 0 heterocycles. The van der Waals surface area contributed by atoms with Crippen molar-refractivity contribution in [1.29, 1.82) is 0 Å². The average molecular weight is 115 g/mol. The lowest BCUT2D eigenvalue weighted by Gasteiger charge is -1.96. The van der Waals surface area contributed by atoms with Gasteiger partial charge in [-0.3, -0.25) is 0 Å². The predicted octanol–water partition coefficient (Wildman–Crippen LogP) is 0.514. The van der Waals surface area contributed by atoms with E-state index in [1.165, 1.54) is 12.8 Å². The zero-order chi connectivity index (χ0) is 5.82. The van der Waals surface area contributed by atoms with Crippen molar-refractivity contribution in [2.75, 3.05) is 13.2 Å². The standard InChI is InChI=1S/C6H13NO/c7-4-1-5-8-6-2-3-6/h6H,1-5,7H2. The molecule has 2 heteroatoms. The molecule has 1 saturated carbocycles. The van der Waals surface area contributed by atoms with E-state index in [4.69, 9.17) is 10.5 Å². The van der Waals surface area contributed by atoms with Gasteiger partial charge >= 0.3 is 0 Å². The minimum Gasteiger partial charge on any atom is -0.378 e. The molecule has 1 fully saturated rings. The van der Waals surface area contributed by atoms with Crippen LogP contribution in [-0.2, 0) is 4.74 Å². The maximum Gasteiger partial charge on any atom is 0.0577 e. The van der Waals surface area contributed by atoms with E-state index in [2.05, 4.69) is 0 Å². The summed E-state index contributed by atoms with van der Waals surface area (Å²) in [5, 5.41) is 0. The summed E-state index contributed by atoms with van der Waals surface area (Å²) >= 11 is 0. The van der Waals surface area contributed by atoms with Crippen LogP contribution in [0.1, 0.15) is 19.3 Å². The second-order valence-corrected chi connectivity index (χ2v) is 2.21. The van der Waals surface area contributed by atoms with Crippen LogP contribution in [-0.4, -0.2) is 19.3 Å². The van der Waals surface area contributed by atoms with Crippen LogP contribution in [0.5, 0.6) is 0 Å². The highest BCUT2D eigenvalue weighted by molar-refractivity contribution is 4.72. The molecule has 0 spiro atoms. The zero-order valence-corrected chi connectivity index (χ0v) is 5.10. The molecule has 0 radical (unpaired) electrons. The van der Waals surface area contributed by atoms with Crippen LogP contribution in [0.2, 0.25) is 0 Å². The Morgan fingerprint density at radius 2 is 2.25 bits per heavy atom. The van der Waals surface area contributed by atoms with Gasteiger partial charge in [-0.05, 0) is 25.8 Å². The van der Waals surface area contributed by atoms with Gasteiger partial charge in [-0.2, -0.15) is 0 Å². The molecule has 0 aromatic heterocycles. The predicted molar refractivity (Wildman–Crippen MR) is 32.6 cm³/mol. The molecule has 0 aromatic rings. The molecule has 1 aliphatic carbocycles. The Bertz CT molecular complexity index is 61.5. The topological polar surface area (TPSA) is 35.2 Å². The lowest BCUT2D eigenvalue weighted by molar-refractivity contribution is 0.119.